The molecular formula is C13H13F2N3. The summed E-state index contributed by atoms with van der Waals surface area (Å²) < 4.78 is 27.6. The zero-order valence-corrected chi connectivity index (χ0v) is 9.74. The molecule has 0 atom stereocenters. The first-order valence-corrected chi connectivity index (χ1v) is 5.49. The summed E-state index contributed by atoms with van der Waals surface area (Å²) in [6, 6.07) is 3.56. The van der Waals surface area contributed by atoms with Gasteiger partial charge in [0.25, 0.3) is 0 Å². The topological polar surface area (TPSA) is 29.9 Å². The predicted octanol–water partition coefficient (Wildman–Crippen LogP) is 2.55. The van der Waals surface area contributed by atoms with E-state index in [0.29, 0.717) is 18.7 Å². The Morgan fingerprint density at radius 3 is 2.83 bits per heavy atom. The van der Waals surface area contributed by atoms with Gasteiger partial charge in [-0.25, -0.2) is 13.5 Å². The highest BCUT2D eigenvalue weighted by Gasteiger charge is 2.03. The highest BCUT2D eigenvalue weighted by atomic mass is 19.1. The van der Waals surface area contributed by atoms with E-state index in [1.807, 2.05) is 6.20 Å². The van der Waals surface area contributed by atoms with Gasteiger partial charge in [-0.05, 0) is 6.07 Å². The summed E-state index contributed by atoms with van der Waals surface area (Å²) in [5, 5.41) is 7.09. The van der Waals surface area contributed by atoms with Crippen molar-refractivity contribution in [2.24, 2.45) is 0 Å². The van der Waals surface area contributed by atoms with Crippen LogP contribution in [0, 0.1) is 11.6 Å². The van der Waals surface area contributed by atoms with E-state index in [9.17, 15) is 8.78 Å². The molecule has 0 amide bonds. The van der Waals surface area contributed by atoms with Crippen LogP contribution < -0.4 is 5.32 Å². The molecule has 1 N–H and O–H groups in total. The van der Waals surface area contributed by atoms with Crippen LogP contribution in [-0.4, -0.2) is 9.78 Å². The normalized spacial score (nSPS) is 10.6. The molecule has 0 spiro atoms. The van der Waals surface area contributed by atoms with Crippen LogP contribution in [0.4, 0.5) is 8.78 Å². The fraction of sp³-hybridized carbons (Fsp3) is 0.154. The van der Waals surface area contributed by atoms with Gasteiger partial charge in [0.2, 0.25) is 0 Å². The standard InChI is InChI=1S/C13H13F2N3/c1-2-18-9-10(7-17-18)6-16-8-11-3-4-12(14)5-13(11)15/h2-5,7,9,16H,1,6,8H2. The summed E-state index contributed by atoms with van der Waals surface area (Å²) >= 11 is 0. The van der Waals surface area contributed by atoms with Crippen molar-refractivity contribution in [2.45, 2.75) is 13.1 Å². The van der Waals surface area contributed by atoms with Crippen LogP contribution in [0.25, 0.3) is 6.20 Å². The number of hydrogen-bond donors (Lipinski definition) is 1. The lowest BCUT2D eigenvalue weighted by molar-refractivity contribution is 0.560. The van der Waals surface area contributed by atoms with Gasteiger partial charge in [0.15, 0.2) is 0 Å². The Hall–Kier alpha value is -2.01. The number of rotatable bonds is 5. The molecule has 0 unspecified atom stereocenters. The van der Waals surface area contributed by atoms with E-state index in [2.05, 4.69) is 17.0 Å². The smallest absolute Gasteiger partial charge is 0.130 e. The van der Waals surface area contributed by atoms with Crippen molar-refractivity contribution >= 4 is 6.20 Å². The maximum Gasteiger partial charge on any atom is 0.130 e. The van der Waals surface area contributed by atoms with Crippen molar-refractivity contribution in [3.8, 4) is 0 Å². The first kappa shape index (κ1) is 12.4. The fourth-order valence-corrected chi connectivity index (χ4v) is 1.58. The average Bonchev–Trinajstić information content (AvgIpc) is 2.80. The average molecular weight is 249 g/mol. The molecule has 2 rings (SSSR count). The highest BCUT2D eigenvalue weighted by molar-refractivity contribution is 5.19. The van der Waals surface area contributed by atoms with E-state index in [0.717, 1.165) is 11.6 Å². The van der Waals surface area contributed by atoms with Gasteiger partial charge in [-0.3, -0.25) is 0 Å². The van der Waals surface area contributed by atoms with Crippen molar-refractivity contribution in [3.05, 3.63) is 59.9 Å². The lowest BCUT2D eigenvalue weighted by Gasteiger charge is -2.04. The van der Waals surface area contributed by atoms with Crippen molar-refractivity contribution in [3.63, 3.8) is 0 Å². The molecule has 0 fully saturated rings. The van der Waals surface area contributed by atoms with Crippen LogP contribution in [-0.2, 0) is 13.1 Å². The van der Waals surface area contributed by atoms with Gasteiger partial charge in [-0.15, -0.1) is 0 Å². The van der Waals surface area contributed by atoms with Gasteiger partial charge < -0.3 is 5.32 Å². The molecule has 1 heterocycles. The summed E-state index contributed by atoms with van der Waals surface area (Å²) in [5.74, 6) is -1.10. The molecule has 18 heavy (non-hydrogen) atoms. The third-order valence-corrected chi connectivity index (χ3v) is 2.50. The van der Waals surface area contributed by atoms with E-state index in [4.69, 9.17) is 0 Å². The van der Waals surface area contributed by atoms with E-state index >= 15 is 0 Å². The van der Waals surface area contributed by atoms with Crippen LogP contribution in [0.15, 0.2) is 37.2 Å². The molecule has 0 aliphatic carbocycles. The predicted molar refractivity (Wildman–Crippen MR) is 65.5 cm³/mol. The first-order chi connectivity index (χ1) is 8.69. The van der Waals surface area contributed by atoms with E-state index in [1.165, 1.54) is 12.1 Å². The minimum atomic E-state index is -0.566. The van der Waals surface area contributed by atoms with Crippen LogP contribution >= 0.6 is 0 Å². The zero-order valence-electron chi connectivity index (χ0n) is 9.74. The van der Waals surface area contributed by atoms with Crippen molar-refractivity contribution < 1.29 is 8.78 Å². The van der Waals surface area contributed by atoms with Crippen LogP contribution in [0.3, 0.4) is 0 Å². The van der Waals surface area contributed by atoms with Crippen LogP contribution in [0.1, 0.15) is 11.1 Å². The third-order valence-electron chi connectivity index (χ3n) is 2.50. The second kappa shape index (κ2) is 5.55. The molecule has 1 aromatic carbocycles. The third kappa shape index (κ3) is 3.01. The molecule has 5 heteroatoms. The number of halogens is 2. The second-order valence-corrected chi connectivity index (χ2v) is 3.85. The molecule has 3 nitrogen and oxygen atoms in total. The molecule has 0 saturated carbocycles. The molecule has 1 aromatic heterocycles. The Bertz CT molecular complexity index is 549. The molecule has 0 aliphatic heterocycles. The summed E-state index contributed by atoms with van der Waals surface area (Å²) in [5.41, 5.74) is 1.41. The zero-order chi connectivity index (χ0) is 13.0. The number of benzene rings is 1. The Kier molecular flexibility index (Phi) is 3.84. The lowest BCUT2D eigenvalue weighted by atomic mass is 10.2. The number of hydrogen-bond acceptors (Lipinski definition) is 2. The van der Waals surface area contributed by atoms with Crippen molar-refractivity contribution in [1.29, 1.82) is 0 Å². The number of aromatic nitrogens is 2. The quantitative estimate of drug-likeness (QED) is 0.882. The molecule has 0 bridgehead atoms. The largest absolute Gasteiger partial charge is 0.308 e. The second-order valence-electron chi connectivity index (χ2n) is 3.85. The Labute approximate surface area is 104 Å². The summed E-state index contributed by atoms with van der Waals surface area (Å²) in [6.45, 7) is 4.49. The van der Waals surface area contributed by atoms with E-state index in [-0.39, 0.29) is 0 Å². The Balaban J connectivity index is 1.90. The van der Waals surface area contributed by atoms with E-state index in [1.54, 1.807) is 17.1 Å². The van der Waals surface area contributed by atoms with Crippen LogP contribution in [0.2, 0.25) is 0 Å². The molecule has 0 radical (unpaired) electrons. The van der Waals surface area contributed by atoms with Crippen molar-refractivity contribution in [2.75, 3.05) is 0 Å². The minimum absolute atomic E-state index is 0.339. The summed E-state index contributed by atoms with van der Waals surface area (Å²) in [4.78, 5) is 0. The Morgan fingerprint density at radius 2 is 2.17 bits per heavy atom. The highest BCUT2D eigenvalue weighted by Crippen LogP contribution is 2.09. The fourth-order valence-electron chi connectivity index (χ4n) is 1.58. The minimum Gasteiger partial charge on any atom is -0.308 e. The molecule has 94 valence electrons. The van der Waals surface area contributed by atoms with Gasteiger partial charge in [0, 0.05) is 42.7 Å². The van der Waals surface area contributed by atoms with E-state index < -0.39 is 11.6 Å². The van der Waals surface area contributed by atoms with Gasteiger partial charge in [-0.2, -0.15) is 5.10 Å². The maximum atomic E-state index is 13.3. The lowest BCUT2D eigenvalue weighted by Crippen LogP contribution is -2.13. The molecule has 2 aromatic rings. The SMILES string of the molecule is C=Cn1cc(CNCc2ccc(F)cc2F)cn1. The van der Waals surface area contributed by atoms with Crippen molar-refractivity contribution in [1.82, 2.24) is 15.1 Å². The van der Waals surface area contributed by atoms with Gasteiger partial charge in [0.05, 0.1) is 6.20 Å². The monoisotopic (exact) mass is 249 g/mol. The molecule has 0 aliphatic rings. The first-order valence-electron chi connectivity index (χ1n) is 5.49. The van der Waals surface area contributed by atoms with Gasteiger partial charge >= 0.3 is 0 Å². The summed E-state index contributed by atoms with van der Waals surface area (Å²) in [7, 11) is 0. The maximum absolute atomic E-state index is 13.3. The Morgan fingerprint density at radius 1 is 1.33 bits per heavy atom. The summed E-state index contributed by atoms with van der Waals surface area (Å²) in [6.07, 6.45) is 5.11. The molecular weight excluding hydrogens is 236 g/mol. The molecule has 0 saturated heterocycles. The van der Waals surface area contributed by atoms with Crippen LogP contribution in [0.5, 0.6) is 0 Å². The van der Waals surface area contributed by atoms with Gasteiger partial charge in [0.1, 0.15) is 11.6 Å². The van der Waals surface area contributed by atoms with Gasteiger partial charge in [-0.1, -0.05) is 12.6 Å². The number of nitrogens with zero attached hydrogens (tertiary/aromatic N) is 2. The number of nitrogens with one attached hydrogen (secondary N) is 1.